The van der Waals surface area contributed by atoms with E-state index in [4.69, 9.17) is 9.97 Å². The molecule has 10 aromatic carbocycles. The summed E-state index contributed by atoms with van der Waals surface area (Å²) in [6.45, 7) is 0. The molecule has 0 atom stereocenters. The van der Waals surface area contributed by atoms with Crippen molar-refractivity contribution in [3.05, 3.63) is 182 Å². The van der Waals surface area contributed by atoms with Crippen LogP contribution >= 0.6 is 0 Å². The third kappa shape index (κ3) is 4.34. The summed E-state index contributed by atoms with van der Waals surface area (Å²) < 4.78 is 0. The summed E-state index contributed by atoms with van der Waals surface area (Å²) in [6.07, 6.45) is 4.03. The van der Waals surface area contributed by atoms with Gasteiger partial charge in [0, 0.05) is 34.6 Å². The van der Waals surface area contributed by atoms with Crippen LogP contribution in [-0.4, -0.2) is 9.97 Å². The number of nitrogens with zero attached hydrogens (tertiary/aromatic N) is 2. The molecule has 0 saturated heterocycles. The van der Waals surface area contributed by atoms with Gasteiger partial charge < -0.3 is 0 Å². The fourth-order valence-corrected chi connectivity index (χ4v) is 9.03. The van der Waals surface area contributed by atoms with Crippen LogP contribution in [0.25, 0.3) is 120 Å². The van der Waals surface area contributed by atoms with Gasteiger partial charge in [0.25, 0.3) is 0 Å². The Morgan fingerprint density at radius 3 is 0.963 bits per heavy atom. The van der Waals surface area contributed by atoms with Gasteiger partial charge in [-0.15, -0.1) is 0 Å². The third-order valence-corrected chi connectivity index (χ3v) is 11.6. The molecule has 0 aliphatic rings. The van der Waals surface area contributed by atoms with Crippen LogP contribution in [0.3, 0.4) is 0 Å². The summed E-state index contributed by atoms with van der Waals surface area (Å²) in [5.74, 6) is 0. The van der Waals surface area contributed by atoms with Gasteiger partial charge in [-0.05, 0) is 123 Å². The number of hydrogen-bond donors (Lipinski definition) is 0. The largest absolute Gasteiger partial charge is 0.256 e. The molecule has 0 amide bonds. The van der Waals surface area contributed by atoms with Crippen molar-refractivity contribution in [2.45, 2.75) is 0 Å². The van der Waals surface area contributed by atoms with Gasteiger partial charge in [0.15, 0.2) is 0 Å². The lowest BCUT2D eigenvalue weighted by Gasteiger charge is -2.14. The number of rotatable bonds is 4. The van der Waals surface area contributed by atoms with Crippen LogP contribution in [0.5, 0.6) is 0 Å². The summed E-state index contributed by atoms with van der Waals surface area (Å²) in [5, 5.41) is 17.9. The summed E-state index contributed by atoms with van der Waals surface area (Å²) in [4.78, 5) is 10.1. The predicted octanol–water partition coefficient (Wildman–Crippen LogP) is 14.1. The van der Waals surface area contributed by atoms with E-state index in [1.165, 1.54) is 75.8 Å². The van der Waals surface area contributed by atoms with Crippen LogP contribution < -0.4 is 0 Å². The molecule has 0 N–H and O–H groups in total. The highest BCUT2D eigenvalue weighted by molar-refractivity contribution is 6.25. The number of hydrogen-bond acceptors (Lipinski definition) is 2. The minimum absolute atomic E-state index is 0.955. The highest BCUT2D eigenvalue weighted by Gasteiger charge is 2.15. The molecular formula is C52H30N2. The molecule has 0 saturated carbocycles. The first-order valence-electron chi connectivity index (χ1n) is 18.5. The van der Waals surface area contributed by atoms with E-state index in [1.807, 2.05) is 12.4 Å². The molecule has 54 heavy (non-hydrogen) atoms. The molecule has 2 heteroatoms. The zero-order valence-corrected chi connectivity index (χ0v) is 29.2. The molecule has 12 aromatic rings. The van der Waals surface area contributed by atoms with Gasteiger partial charge in [-0.3, -0.25) is 9.97 Å². The number of pyridine rings is 2. The molecule has 0 spiro atoms. The molecule has 0 aliphatic carbocycles. The van der Waals surface area contributed by atoms with Gasteiger partial charge in [-0.1, -0.05) is 133 Å². The number of aromatic nitrogens is 2. The average Bonchev–Trinajstić information content (AvgIpc) is 3.24. The van der Waals surface area contributed by atoms with Crippen molar-refractivity contribution in [3.8, 4) is 44.8 Å². The lowest BCUT2D eigenvalue weighted by Crippen LogP contribution is -1.91. The number of benzene rings is 10. The third-order valence-electron chi connectivity index (χ3n) is 11.6. The minimum atomic E-state index is 0.955. The van der Waals surface area contributed by atoms with Gasteiger partial charge in [-0.2, -0.15) is 0 Å². The quantitative estimate of drug-likeness (QED) is 0.173. The summed E-state index contributed by atoms with van der Waals surface area (Å²) in [5.41, 5.74) is 8.71. The Morgan fingerprint density at radius 1 is 0.259 bits per heavy atom. The van der Waals surface area contributed by atoms with Gasteiger partial charge in [0.05, 0.1) is 11.4 Å². The lowest BCUT2D eigenvalue weighted by molar-refractivity contribution is 1.32. The van der Waals surface area contributed by atoms with Crippen molar-refractivity contribution in [1.82, 2.24) is 9.97 Å². The van der Waals surface area contributed by atoms with Crippen molar-refractivity contribution in [1.29, 1.82) is 0 Å². The molecule has 12 rings (SSSR count). The zero-order chi connectivity index (χ0) is 35.3. The van der Waals surface area contributed by atoms with Crippen LogP contribution in [0.15, 0.2) is 182 Å². The van der Waals surface area contributed by atoms with E-state index >= 15 is 0 Å². The highest BCUT2D eigenvalue weighted by Crippen LogP contribution is 2.40. The Morgan fingerprint density at radius 2 is 0.611 bits per heavy atom. The van der Waals surface area contributed by atoms with Gasteiger partial charge in [0.1, 0.15) is 0 Å². The van der Waals surface area contributed by atoms with Crippen LogP contribution in [0.1, 0.15) is 0 Å². The van der Waals surface area contributed by atoms with E-state index in [0.717, 1.165) is 44.4 Å². The summed E-state index contributed by atoms with van der Waals surface area (Å²) in [7, 11) is 0. The molecule has 2 nitrogen and oxygen atoms in total. The maximum atomic E-state index is 5.04. The molecule has 0 fully saturated rings. The smallest absolute Gasteiger partial charge is 0.0708 e. The first kappa shape index (κ1) is 29.4. The Hall–Kier alpha value is -7.16. The van der Waals surface area contributed by atoms with E-state index in [0.29, 0.717) is 0 Å². The van der Waals surface area contributed by atoms with Gasteiger partial charge in [0.2, 0.25) is 0 Å². The Labute approximate surface area is 311 Å². The molecule has 0 bridgehead atoms. The van der Waals surface area contributed by atoms with E-state index in [2.05, 4.69) is 170 Å². The molecule has 248 valence electrons. The maximum absolute atomic E-state index is 5.04. The number of fused-ring (bicyclic) bond motifs is 1. The van der Waals surface area contributed by atoms with Crippen molar-refractivity contribution in [2.75, 3.05) is 0 Å². The molecular weight excluding hydrogens is 653 g/mol. The molecule has 2 aromatic heterocycles. The molecule has 0 unspecified atom stereocenters. The van der Waals surface area contributed by atoms with Crippen molar-refractivity contribution < 1.29 is 0 Å². The Balaban J connectivity index is 0.889. The fraction of sp³-hybridized carbons (Fsp3) is 0. The standard InChI is InChI=1S/C52H30N2/c1-2-10-44-43(9-1)45(47-23-19-39(29-53-47)41-25-35-15-11-31-5-3-6-32-12-16-36(26-41)51(35)49(31)32)21-22-46(44)48-24-20-40(30-54-48)42-27-37-17-13-33-7-4-8-34-14-18-38(28-42)52(37)50(33)34/h1-30H. The normalized spacial score (nSPS) is 12.1. The molecule has 0 radical (unpaired) electrons. The van der Waals surface area contributed by atoms with Crippen LogP contribution in [0.4, 0.5) is 0 Å². The van der Waals surface area contributed by atoms with E-state index < -0.39 is 0 Å². The second-order valence-corrected chi connectivity index (χ2v) is 14.6. The molecule has 0 aliphatic heterocycles. The van der Waals surface area contributed by atoms with E-state index in [-0.39, 0.29) is 0 Å². The minimum Gasteiger partial charge on any atom is -0.256 e. The first-order chi connectivity index (χ1) is 26.7. The molecule has 2 heterocycles. The lowest BCUT2D eigenvalue weighted by atomic mass is 9.91. The summed E-state index contributed by atoms with van der Waals surface area (Å²) >= 11 is 0. The van der Waals surface area contributed by atoms with Crippen LogP contribution in [-0.2, 0) is 0 Å². The maximum Gasteiger partial charge on any atom is 0.0708 e. The van der Waals surface area contributed by atoms with Gasteiger partial charge in [-0.25, -0.2) is 0 Å². The zero-order valence-electron chi connectivity index (χ0n) is 29.2. The Kier molecular flexibility index (Phi) is 6.09. The second-order valence-electron chi connectivity index (χ2n) is 14.6. The van der Waals surface area contributed by atoms with E-state index in [9.17, 15) is 0 Å². The topological polar surface area (TPSA) is 25.8 Å². The monoisotopic (exact) mass is 682 g/mol. The van der Waals surface area contributed by atoms with Crippen molar-refractivity contribution in [2.24, 2.45) is 0 Å². The SMILES string of the molecule is c1cc2ccc3cc(-c4ccc(-c5ccc(-c6ccc(-c7cc8ccc9cccc%10ccc(c7)c8c9%10)cn6)c6ccccc56)nc4)cc4ccc(c1)c2c34. The summed E-state index contributed by atoms with van der Waals surface area (Å²) in [6, 6.07) is 62.0. The predicted molar refractivity (Wildman–Crippen MR) is 229 cm³/mol. The second kappa shape index (κ2) is 11.2. The highest BCUT2D eigenvalue weighted by atomic mass is 14.7. The van der Waals surface area contributed by atoms with Crippen molar-refractivity contribution >= 4 is 75.4 Å². The average molecular weight is 683 g/mol. The van der Waals surface area contributed by atoms with Gasteiger partial charge >= 0.3 is 0 Å². The first-order valence-corrected chi connectivity index (χ1v) is 18.5. The fourth-order valence-electron chi connectivity index (χ4n) is 9.03. The van der Waals surface area contributed by atoms with Crippen LogP contribution in [0.2, 0.25) is 0 Å². The Bertz CT molecular complexity index is 3060. The van der Waals surface area contributed by atoms with Crippen molar-refractivity contribution in [3.63, 3.8) is 0 Å². The van der Waals surface area contributed by atoms with Crippen LogP contribution in [0, 0.1) is 0 Å². The van der Waals surface area contributed by atoms with E-state index in [1.54, 1.807) is 0 Å².